The van der Waals surface area contributed by atoms with E-state index in [2.05, 4.69) is 43.0 Å². The third kappa shape index (κ3) is 5.72. The number of carbonyl (C=O) groups excluding carboxylic acids is 1. The first kappa shape index (κ1) is 16.1. The lowest BCUT2D eigenvalue weighted by molar-refractivity contribution is -0.128. The second-order valence-corrected chi connectivity index (χ2v) is 5.43. The largest absolute Gasteiger partial charge is 0.306 e. The molecule has 1 aliphatic carbocycles. The highest BCUT2D eigenvalue weighted by molar-refractivity contribution is 5.85. The van der Waals surface area contributed by atoms with Crippen LogP contribution in [0.2, 0.25) is 0 Å². The lowest BCUT2D eigenvalue weighted by Crippen LogP contribution is -2.42. The summed E-state index contributed by atoms with van der Waals surface area (Å²) in [4.78, 5) is 20.6. The minimum atomic E-state index is -0.297. The van der Waals surface area contributed by atoms with E-state index in [9.17, 15) is 4.79 Å². The summed E-state index contributed by atoms with van der Waals surface area (Å²) in [6, 6.07) is 1.36. The van der Waals surface area contributed by atoms with Crippen molar-refractivity contribution in [1.82, 2.24) is 15.3 Å². The van der Waals surface area contributed by atoms with E-state index in [1.165, 1.54) is 31.8 Å². The van der Waals surface area contributed by atoms with E-state index >= 15 is 0 Å². The highest BCUT2D eigenvalue weighted by Gasteiger charge is 2.24. The van der Waals surface area contributed by atoms with Gasteiger partial charge >= 0.3 is 0 Å². The molecule has 0 aliphatic heterocycles. The van der Waals surface area contributed by atoms with Gasteiger partial charge < -0.3 is 9.80 Å². The second kappa shape index (κ2) is 8.30. The highest BCUT2D eigenvalue weighted by atomic mass is 16.6. The van der Waals surface area contributed by atoms with Crippen molar-refractivity contribution < 1.29 is 9.63 Å². The molecular weight excluding hydrogens is 242 g/mol. The molecule has 0 atom stereocenters. The predicted molar refractivity (Wildman–Crippen MR) is 76.7 cm³/mol. The van der Waals surface area contributed by atoms with Crippen molar-refractivity contribution >= 4 is 5.91 Å². The van der Waals surface area contributed by atoms with Crippen molar-refractivity contribution in [1.29, 1.82) is 0 Å². The summed E-state index contributed by atoms with van der Waals surface area (Å²) < 4.78 is 0. The molecule has 1 rings (SSSR count). The topological polar surface area (TPSA) is 44.8 Å². The van der Waals surface area contributed by atoms with Gasteiger partial charge in [0, 0.05) is 18.6 Å². The highest BCUT2D eigenvalue weighted by Crippen LogP contribution is 2.24. The van der Waals surface area contributed by atoms with Crippen molar-refractivity contribution in [3.8, 4) is 0 Å². The van der Waals surface area contributed by atoms with Crippen LogP contribution in [0.5, 0.6) is 0 Å². The molecule has 19 heavy (non-hydrogen) atoms. The summed E-state index contributed by atoms with van der Waals surface area (Å²) in [5, 5.41) is 0. The molecule has 0 spiro atoms. The Morgan fingerprint density at radius 1 is 1.26 bits per heavy atom. The molecule has 0 aromatic heterocycles. The Bertz CT molecular complexity index is 286. The van der Waals surface area contributed by atoms with Gasteiger partial charge in [-0.1, -0.05) is 6.58 Å². The molecule has 1 aliphatic rings. The van der Waals surface area contributed by atoms with Crippen molar-refractivity contribution in [3.05, 3.63) is 12.7 Å². The van der Waals surface area contributed by atoms with Crippen LogP contribution in [0.4, 0.5) is 0 Å². The fraction of sp³-hybridized carbons (Fsp3) is 0.786. The number of nitrogens with zero attached hydrogens (tertiary/aromatic N) is 2. The van der Waals surface area contributed by atoms with Gasteiger partial charge in [0.2, 0.25) is 0 Å². The van der Waals surface area contributed by atoms with Gasteiger partial charge in [-0.3, -0.25) is 9.63 Å². The maximum Gasteiger partial charge on any atom is 0.266 e. The van der Waals surface area contributed by atoms with Gasteiger partial charge in [-0.2, -0.15) is 0 Å². The molecule has 0 bridgehead atoms. The molecule has 1 fully saturated rings. The average Bonchev–Trinajstić information content (AvgIpc) is 2.43. The van der Waals surface area contributed by atoms with Crippen LogP contribution >= 0.6 is 0 Å². The van der Waals surface area contributed by atoms with Gasteiger partial charge in [0.25, 0.3) is 5.91 Å². The van der Waals surface area contributed by atoms with Gasteiger partial charge in [-0.05, 0) is 52.9 Å². The van der Waals surface area contributed by atoms with Crippen molar-refractivity contribution in [2.45, 2.75) is 37.8 Å². The van der Waals surface area contributed by atoms with Crippen LogP contribution in [-0.4, -0.2) is 62.1 Å². The Kier molecular flexibility index (Phi) is 7.05. The van der Waals surface area contributed by atoms with E-state index in [-0.39, 0.29) is 5.91 Å². The number of hydrogen-bond acceptors (Lipinski definition) is 4. The van der Waals surface area contributed by atoms with E-state index in [0.29, 0.717) is 12.6 Å². The molecule has 0 heterocycles. The summed E-state index contributed by atoms with van der Waals surface area (Å²) in [5.74, 6) is -0.297. The molecule has 0 aromatic rings. The standard InChI is InChI=1S/C14H27N3O2/c1-5-14(18)15-19-11-10-17(4)13-8-6-12(7-9-13)16(2)3/h5,12-13H,1,6-11H2,2-4H3,(H,15,18). The quantitative estimate of drug-likeness (QED) is 0.426. The van der Waals surface area contributed by atoms with Crippen molar-refractivity contribution in [2.75, 3.05) is 34.3 Å². The number of rotatable bonds is 7. The lowest BCUT2D eigenvalue weighted by atomic mass is 9.90. The first-order chi connectivity index (χ1) is 9.04. The fourth-order valence-electron chi connectivity index (χ4n) is 2.55. The van der Waals surface area contributed by atoms with Gasteiger partial charge in [0.1, 0.15) is 0 Å². The predicted octanol–water partition coefficient (Wildman–Crippen LogP) is 1.02. The third-order valence-corrected chi connectivity index (χ3v) is 3.92. The zero-order chi connectivity index (χ0) is 14.3. The normalized spacial score (nSPS) is 23.6. The van der Waals surface area contributed by atoms with Crippen LogP contribution in [0.15, 0.2) is 12.7 Å². The molecule has 1 saturated carbocycles. The summed E-state index contributed by atoms with van der Waals surface area (Å²) >= 11 is 0. The number of nitrogens with one attached hydrogen (secondary N) is 1. The first-order valence-electron chi connectivity index (χ1n) is 6.95. The summed E-state index contributed by atoms with van der Waals surface area (Å²) in [7, 11) is 6.44. The Hall–Kier alpha value is -0.910. The minimum Gasteiger partial charge on any atom is -0.306 e. The Labute approximate surface area is 116 Å². The van der Waals surface area contributed by atoms with Gasteiger partial charge in [-0.25, -0.2) is 5.48 Å². The average molecular weight is 269 g/mol. The molecule has 0 saturated heterocycles. The fourth-order valence-corrected chi connectivity index (χ4v) is 2.55. The molecule has 0 radical (unpaired) electrons. The van der Waals surface area contributed by atoms with E-state index in [4.69, 9.17) is 4.84 Å². The van der Waals surface area contributed by atoms with Crippen LogP contribution in [0.3, 0.4) is 0 Å². The van der Waals surface area contributed by atoms with Crippen LogP contribution in [-0.2, 0) is 9.63 Å². The number of carbonyl (C=O) groups is 1. The van der Waals surface area contributed by atoms with Gasteiger partial charge in [0.15, 0.2) is 0 Å². The molecule has 5 nitrogen and oxygen atoms in total. The Morgan fingerprint density at radius 2 is 1.84 bits per heavy atom. The van der Waals surface area contributed by atoms with Crippen LogP contribution in [0.25, 0.3) is 0 Å². The van der Waals surface area contributed by atoms with Crippen molar-refractivity contribution in [2.24, 2.45) is 0 Å². The number of amides is 1. The summed E-state index contributed by atoms with van der Waals surface area (Å²) in [5.41, 5.74) is 2.32. The summed E-state index contributed by atoms with van der Waals surface area (Å²) in [6.45, 7) is 4.69. The number of likely N-dealkylation sites (N-methyl/N-ethyl adjacent to an activating group) is 1. The van der Waals surface area contributed by atoms with Crippen LogP contribution in [0.1, 0.15) is 25.7 Å². The summed E-state index contributed by atoms with van der Waals surface area (Å²) in [6.07, 6.45) is 6.19. The van der Waals surface area contributed by atoms with Crippen LogP contribution < -0.4 is 5.48 Å². The monoisotopic (exact) mass is 269 g/mol. The second-order valence-electron chi connectivity index (χ2n) is 5.43. The maximum absolute atomic E-state index is 10.9. The Morgan fingerprint density at radius 3 is 2.37 bits per heavy atom. The van der Waals surface area contributed by atoms with Crippen LogP contribution in [0, 0.1) is 0 Å². The maximum atomic E-state index is 10.9. The van der Waals surface area contributed by atoms with E-state index in [0.717, 1.165) is 12.6 Å². The number of hydrogen-bond donors (Lipinski definition) is 1. The lowest BCUT2D eigenvalue weighted by Gasteiger charge is -2.37. The Balaban J connectivity index is 2.15. The third-order valence-electron chi connectivity index (χ3n) is 3.92. The smallest absolute Gasteiger partial charge is 0.266 e. The first-order valence-corrected chi connectivity index (χ1v) is 6.95. The van der Waals surface area contributed by atoms with E-state index < -0.39 is 0 Å². The van der Waals surface area contributed by atoms with E-state index in [1.807, 2.05) is 0 Å². The molecule has 0 aromatic carbocycles. The SMILES string of the molecule is C=CC(=O)NOCCN(C)C1CCC(N(C)C)CC1. The van der Waals surface area contributed by atoms with Crippen molar-refractivity contribution in [3.63, 3.8) is 0 Å². The minimum absolute atomic E-state index is 0.297. The van der Waals surface area contributed by atoms with Gasteiger partial charge in [0.05, 0.1) is 6.61 Å². The molecule has 1 amide bonds. The molecule has 110 valence electrons. The van der Waals surface area contributed by atoms with Gasteiger partial charge in [-0.15, -0.1) is 0 Å². The molecular formula is C14H27N3O2. The zero-order valence-corrected chi connectivity index (χ0v) is 12.4. The molecule has 0 unspecified atom stereocenters. The van der Waals surface area contributed by atoms with E-state index in [1.54, 1.807) is 0 Å². The molecule has 1 N–H and O–H groups in total. The zero-order valence-electron chi connectivity index (χ0n) is 12.4. The molecule has 5 heteroatoms. The number of hydroxylamine groups is 1.